The van der Waals surface area contributed by atoms with Gasteiger partial charge in [0.25, 0.3) is 5.91 Å². The number of phenols is 1. The maximum absolute atomic E-state index is 11.8. The van der Waals surface area contributed by atoms with Crippen LogP contribution in [0.1, 0.15) is 22.3 Å². The average Bonchev–Trinajstić information content (AvgIpc) is 2.51. The van der Waals surface area contributed by atoms with Gasteiger partial charge in [0.05, 0.1) is 6.21 Å². The lowest BCUT2D eigenvalue weighted by Gasteiger charge is -2.13. The number of nitrogens with one attached hydrogen (secondary N) is 1. The van der Waals surface area contributed by atoms with Crippen LogP contribution in [0.3, 0.4) is 0 Å². The molecular formula is C18H20N2O3. The molecule has 5 nitrogen and oxygen atoms in total. The van der Waals surface area contributed by atoms with E-state index >= 15 is 0 Å². The average molecular weight is 312 g/mol. The molecule has 0 heterocycles. The van der Waals surface area contributed by atoms with Gasteiger partial charge in [-0.2, -0.15) is 5.10 Å². The van der Waals surface area contributed by atoms with Crippen LogP contribution in [0.2, 0.25) is 0 Å². The van der Waals surface area contributed by atoms with Gasteiger partial charge in [0.2, 0.25) is 0 Å². The molecule has 2 aromatic carbocycles. The minimum absolute atomic E-state index is 0.109. The van der Waals surface area contributed by atoms with Crippen LogP contribution in [0.15, 0.2) is 41.5 Å². The molecule has 23 heavy (non-hydrogen) atoms. The Hall–Kier alpha value is -2.82. The number of phenolic OH excluding ortho intramolecular Hbond substituents is 1. The summed E-state index contributed by atoms with van der Waals surface area (Å²) in [6.07, 6.45) is 1.46. The van der Waals surface area contributed by atoms with Gasteiger partial charge in [-0.1, -0.05) is 24.3 Å². The number of ether oxygens (including phenoxy) is 1. The van der Waals surface area contributed by atoms with Crippen LogP contribution in [-0.2, 0) is 4.79 Å². The van der Waals surface area contributed by atoms with E-state index < -0.39 is 0 Å². The van der Waals surface area contributed by atoms with Crippen molar-refractivity contribution in [3.8, 4) is 11.5 Å². The van der Waals surface area contributed by atoms with Crippen LogP contribution in [0.25, 0.3) is 0 Å². The standard InChI is InChI=1S/C18H20N2O3/c1-12-7-8-13(2)18(14(12)3)23-11-17(22)20-19-10-15-5-4-6-16(21)9-15/h4-10,21H,11H2,1-3H3,(H,20,22)/b19-10-. The summed E-state index contributed by atoms with van der Waals surface area (Å²) in [6.45, 7) is 5.80. The third-order valence-electron chi connectivity index (χ3n) is 3.49. The zero-order valence-corrected chi connectivity index (χ0v) is 13.5. The largest absolute Gasteiger partial charge is 0.508 e. The second-order valence-corrected chi connectivity index (χ2v) is 5.33. The monoisotopic (exact) mass is 312 g/mol. The van der Waals surface area contributed by atoms with E-state index in [0.29, 0.717) is 5.56 Å². The Morgan fingerprint density at radius 2 is 1.96 bits per heavy atom. The summed E-state index contributed by atoms with van der Waals surface area (Å²) in [6, 6.07) is 10.6. The lowest BCUT2D eigenvalue weighted by atomic mass is 10.1. The Morgan fingerprint density at radius 1 is 1.22 bits per heavy atom. The number of rotatable bonds is 5. The lowest BCUT2D eigenvalue weighted by molar-refractivity contribution is -0.123. The van der Waals surface area contributed by atoms with Gasteiger partial charge in [-0.05, 0) is 55.2 Å². The summed E-state index contributed by atoms with van der Waals surface area (Å²) in [5, 5.41) is 13.2. The van der Waals surface area contributed by atoms with Crippen molar-refractivity contribution < 1.29 is 14.6 Å². The van der Waals surface area contributed by atoms with E-state index in [1.54, 1.807) is 24.3 Å². The summed E-state index contributed by atoms with van der Waals surface area (Å²) in [4.78, 5) is 11.8. The Kier molecular flexibility index (Phi) is 5.36. The Balaban J connectivity index is 1.90. The Labute approximate surface area is 135 Å². The topological polar surface area (TPSA) is 70.9 Å². The fourth-order valence-electron chi connectivity index (χ4n) is 2.10. The molecule has 2 N–H and O–H groups in total. The molecule has 0 atom stereocenters. The second-order valence-electron chi connectivity index (χ2n) is 5.33. The quantitative estimate of drug-likeness (QED) is 0.659. The van der Waals surface area contributed by atoms with E-state index in [4.69, 9.17) is 4.74 Å². The van der Waals surface area contributed by atoms with Crippen molar-refractivity contribution in [2.24, 2.45) is 5.10 Å². The normalized spacial score (nSPS) is 10.7. The number of hydrogen-bond donors (Lipinski definition) is 2. The molecule has 0 radical (unpaired) electrons. The summed E-state index contributed by atoms with van der Waals surface area (Å²) in [7, 11) is 0. The van der Waals surface area contributed by atoms with E-state index in [0.717, 1.165) is 22.4 Å². The molecule has 0 saturated heterocycles. The highest BCUT2D eigenvalue weighted by Gasteiger charge is 2.08. The van der Waals surface area contributed by atoms with Gasteiger partial charge in [0.15, 0.2) is 6.61 Å². The van der Waals surface area contributed by atoms with Crippen LogP contribution >= 0.6 is 0 Å². The molecular weight excluding hydrogens is 292 g/mol. The van der Waals surface area contributed by atoms with E-state index in [1.165, 1.54) is 6.21 Å². The van der Waals surface area contributed by atoms with E-state index in [-0.39, 0.29) is 18.3 Å². The van der Waals surface area contributed by atoms with Crippen LogP contribution < -0.4 is 10.2 Å². The smallest absolute Gasteiger partial charge is 0.277 e. The van der Waals surface area contributed by atoms with Gasteiger partial charge in [-0.15, -0.1) is 0 Å². The van der Waals surface area contributed by atoms with E-state index in [2.05, 4.69) is 10.5 Å². The van der Waals surface area contributed by atoms with Crippen molar-refractivity contribution in [3.05, 3.63) is 58.7 Å². The maximum atomic E-state index is 11.8. The maximum Gasteiger partial charge on any atom is 0.277 e. The van der Waals surface area contributed by atoms with E-state index in [9.17, 15) is 9.90 Å². The molecule has 5 heteroatoms. The SMILES string of the molecule is Cc1ccc(C)c(OCC(=O)N/N=C\c2cccc(O)c2)c1C. The predicted octanol–water partition coefficient (Wildman–Crippen LogP) is 2.85. The molecule has 2 rings (SSSR count). The summed E-state index contributed by atoms with van der Waals surface area (Å²) in [5.74, 6) is 0.535. The summed E-state index contributed by atoms with van der Waals surface area (Å²) in [5.41, 5.74) is 6.23. The van der Waals surface area contributed by atoms with Crippen molar-refractivity contribution in [3.63, 3.8) is 0 Å². The molecule has 120 valence electrons. The fraction of sp³-hybridized carbons (Fsp3) is 0.222. The fourth-order valence-corrected chi connectivity index (χ4v) is 2.10. The number of nitrogens with zero attached hydrogens (tertiary/aromatic N) is 1. The van der Waals surface area contributed by atoms with Gasteiger partial charge < -0.3 is 9.84 Å². The number of carbonyl (C=O) groups is 1. The number of carbonyl (C=O) groups excluding carboxylic acids is 1. The number of hydrogen-bond acceptors (Lipinski definition) is 4. The molecule has 0 spiro atoms. The first-order valence-corrected chi connectivity index (χ1v) is 7.28. The van der Waals surface area contributed by atoms with Gasteiger partial charge in [-0.3, -0.25) is 4.79 Å². The zero-order valence-electron chi connectivity index (χ0n) is 13.5. The molecule has 0 bridgehead atoms. The second kappa shape index (κ2) is 7.45. The number of hydrazone groups is 1. The minimum Gasteiger partial charge on any atom is -0.508 e. The molecule has 2 aromatic rings. The van der Waals surface area contributed by atoms with Gasteiger partial charge >= 0.3 is 0 Å². The predicted molar refractivity (Wildman–Crippen MR) is 90.0 cm³/mol. The number of aromatic hydroxyl groups is 1. The first-order chi connectivity index (χ1) is 11.0. The van der Waals surface area contributed by atoms with Crippen molar-refractivity contribution in [1.82, 2.24) is 5.43 Å². The van der Waals surface area contributed by atoms with Crippen LogP contribution in [0.5, 0.6) is 11.5 Å². The lowest BCUT2D eigenvalue weighted by Crippen LogP contribution is -2.25. The first kappa shape index (κ1) is 16.5. The van der Waals surface area contributed by atoms with Crippen molar-refractivity contribution in [2.75, 3.05) is 6.61 Å². The first-order valence-electron chi connectivity index (χ1n) is 7.28. The molecule has 0 aliphatic rings. The minimum atomic E-state index is -0.346. The third kappa shape index (κ3) is 4.57. The summed E-state index contributed by atoms with van der Waals surface area (Å²) >= 11 is 0. The van der Waals surface area contributed by atoms with Gasteiger partial charge in [0.1, 0.15) is 11.5 Å². The molecule has 1 amide bonds. The van der Waals surface area contributed by atoms with Crippen LogP contribution in [0, 0.1) is 20.8 Å². The number of aryl methyl sites for hydroxylation is 2. The Bertz CT molecular complexity index is 739. The van der Waals surface area contributed by atoms with Crippen molar-refractivity contribution in [2.45, 2.75) is 20.8 Å². The van der Waals surface area contributed by atoms with E-state index in [1.807, 2.05) is 32.9 Å². The molecule has 0 aliphatic carbocycles. The van der Waals surface area contributed by atoms with Crippen LogP contribution in [-0.4, -0.2) is 23.8 Å². The molecule has 0 aliphatic heterocycles. The van der Waals surface area contributed by atoms with Crippen LogP contribution in [0.4, 0.5) is 0 Å². The van der Waals surface area contributed by atoms with Crippen molar-refractivity contribution >= 4 is 12.1 Å². The highest BCUT2D eigenvalue weighted by atomic mass is 16.5. The van der Waals surface area contributed by atoms with Crippen molar-refractivity contribution in [1.29, 1.82) is 0 Å². The zero-order chi connectivity index (χ0) is 16.8. The molecule has 0 fully saturated rings. The molecule has 0 aromatic heterocycles. The Morgan fingerprint density at radius 3 is 2.70 bits per heavy atom. The highest BCUT2D eigenvalue weighted by Crippen LogP contribution is 2.25. The third-order valence-corrected chi connectivity index (χ3v) is 3.49. The number of benzene rings is 2. The van der Waals surface area contributed by atoms with Gasteiger partial charge in [0, 0.05) is 0 Å². The summed E-state index contributed by atoms with van der Waals surface area (Å²) < 4.78 is 5.61. The van der Waals surface area contributed by atoms with Gasteiger partial charge in [-0.25, -0.2) is 5.43 Å². The highest BCUT2D eigenvalue weighted by molar-refractivity contribution is 5.83. The molecule has 0 saturated carbocycles. The number of amides is 1. The molecule has 0 unspecified atom stereocenters.